The zero-order valence-corrected chi connectivity index (χ0v) is 66.6. The number of aromatic amines is 6. The Morgan fingerprint density at radius 2 is 0.371 bits per heavy atom. The van der Waals surface area contributed by atoms with Crippen LogP contribution in [0.15, 0.2) is 315 Å². The quantitative estimate of drug-likeness (QED) is 0.0827. The molecule has 0 saturated carbocycles. The Hall–Kier alpha value is -17.3. The van der Waals surface area contributed by atoms with Crippen molar-refractivity contribution < 1.29 is 0 Å². The van der Waals surface area contributed by atoms with Gasteiger partial charge in [0.1, 0.15) is 0 Å². The van der Waals surface area contributed by atoms with Crippen molar-refractivity contribution in [3.05, 3.63) is 406 Å². The Morgan fingerprint density at radius 1 is 0.161 bits per heavy atom. The summed E-state index contributed by atoms with van der Waals surface area (Å²) in [4.78, 5) is 55.7. The van der Waals surface area contributed by atoms with Crippen LogP contribution < -0.4 is 0 Å². The molecule has 0 radical (unpaired) electrons. The van der Waals surface area contributed by atoms with E-state index in [2.05, 4.69) is 406 Å². The number of nitrogens with one attached hydrogen (secondary N) is 6. The number of aromatic nitrogens is 12. The lowest BCUT2D eigenvalue weighted by molar-refractivity contribution is 1.30. The van der Waals surface area contributed by atoms with Gasteiger partial charge in [-0.15, -0.1) is 0 Å². The summed E-state index contributed by atoms with van der Waals surface area (Å²) in [6, 6.07) is 109. The summed E-state index contributed by atoms with van der Waals surface area (Å²) in [5, 5.41) is 0. The van der Waals surface area contributed by atoms with Crippen molar-refractivity contribution in [2.24, 2.45) is 0 Å². The first kappa shape index (κ1) is 72.0. The number of hydrogen-bond donors (Lipinski definition) is 6. The maximum Gasteiger partial charge on any atom is 0.0815 e. The molecule has 23 rings (SSSR count). The lowest BCUT2D eigenvalue weighted by Crippen LogP contribution is -1.90. The largest absolute Gasteiger partial charge is 0.355 e. The predicted molar refractivity (Wildman–Crippen MR) is 512 cm³/mol. The minimum Gasteiger partial charge on any atom is -0.355 e. The second-order valence-corrected chi connectivity index (χ2v) is 31.1. The van der Waals surface area contributed by atoms with Crippen LogP contribution in [-0.4, -0.2) is 59.8 Å². The summed E-state index contributed by atoms with van der Waals surface area (Å²) < 4.78 is 0. The van der Waals surface area contributed by atoms with Gasteiger partial charge in [0, 0.05) is 111 Å². The highest BCUT2D eigenvalue weighted by atomic mass is 14.8. The highest BCUT2D eigenvalue weighted by Gasteiger charge is 2.23. The highest BCUT2D eigenvalue weighted by Crippen LogP contribution is 2.42. The van der Waals surface area contributed by atoms with E-state index in [4.69, 9.17) is 29.9 Å². The van der Waals surface area contributed by atoms with E-state index in [1.807, 2.05) is 36.4 Å². The summed E-state index contributed by atoms with van der Waals surface area (Å²) in [5.41, 5.74) is 39.2. The number of benzene rings is 8. The average Bonchev–Trinajstić information content (AvgIpc) is 1.62. The zero-order chi connectivity index (χ0) is 82.0. The van der Waals surface area contributed by atoms with Gasteiger partial charge in [-0.05, 0) is 227 Å². The Bertz CT molecular complexity index is 7620. The Morgan fingerprint density at radius 3 is 0.653 bits per heavy atom. The molecule has 0 fully saturated rings. The highest BCUT2D eigenvalue weighted by molar-refractivity contribution is 6.03. The molecule has 124 heavy (non-hydrogen) atoms. The summed E-state index contributed by atoms with van der Waals surface area (Å²) in [6.07, 6.45) is 25.2. The molecule has 15 heterocycles. The molecule has 0 spiro atoms. The second-order valence-electron chi connectivity index (χ2n) is 31.1. The van der Waals surface area contributed by atoms with Crippen LogP contribution in [0.2, 0.25) is 0 Å². The minimum absolute atomic E-state index is 0.694. The maximum absolute atomic E-state index is 5.57. The fraction of sp³-hybridized carbons (Fsp3) is 0. The molecule has 0 saturated heterocycles. The zero-order valence-electron chi connectivity index (χ0n) is 66.6. The summed E-state index contributed by atoms with van der Waals surface area (Å²) in [7, 11) is 0. The molecule has 6 N–H and O–H groups in total. The van der Waals surface area contributed by atoms with E-state index in [1.165, 1.54) is 0 Å². The molecule has 8 aromatic carbocycles. The van der Waals surface area contributed by atoms with Gasteiger partial charge in [-0.1, -0.05) is 230 Å². The van der Waals surface area contributed by atoms with Gasteiger partial charge in [0.2, 0.25) is 0 Å². The van der Waals surface area contributed by atoms with Gasteiger partial charge in [-0.2, -0.15) is 0 Å². The maximum atomic E-state index is 5.57. The molecule has 12 nitrogen and oxygen atoms in total. The van der Waals surface area contributed by atoms with Crippen molar-refractivity contribution >= 4 is 139 Å². The van der Waals surface area contributed by atoms with Gasteiger partial charge in [0.15, 0.2) is 0 Å². The van der Waals surface area contributed by atoms with Crippen molar-refractivity contribution in [2.45, 2.75) is 0 Å². The topological polar surface area (TPSA) is 172 Å². The van der Waals surface area contributed by atoms with Gasteiger partial charge in [-0.3, -0.25) is 0 Å². The summed E-state index contributed by atoms with van der Waals surface area (Å²) in [6.45, 7) is 0. The van der Waals surface area contributed by atoms with Crippen LogP contribution in [0.4, 0.5) is 0 Å². The van der Waals surface area contributed by atoms with E-state index in [0.29, 0.717) is 22.5 Å². The number of nitrogens with zero attached hydrogens (tertiary/aromatic N) is 6. The molecule has 0 unspecified atom stereocenters. The van der Waals surface area contributed by atoms with Gasteiger partial charge in [0.05, 0.1) is 90.5 Å². The predicted octanol–water partition coefficient (Wildman–Crippen LogP) is 26.7. The summed E-state index contributed by atoms with van der Waals surface area (Å²) in [5.74, 6) is 14.7. The molecule has 0 atom stereocenters. The molecule has 6 aliphatic rings. The molecule has 578 valence electrons. The first-order valence-corrected chi connectivity index (χ1v) is 41.4. The molecule has 12 heteroatoms. The monoisotopic (exact) mass is 1580 g/mol. The van der Waals surface area contributed by atoms with Crippen molar-refractivity contribution in [3.63, 3.8) is 0 Å². The van der Waals surface area contributed by atoms with Gasteiger partial charge >= 0.3 is 0 Å². The first-order chi connectivity index (χ1) is 61.4. The van der Waals surface area contributed by atoms with Crippen molar-refractivity contribution in [2.75, 3.05) is 0 Å². The fourth-order valence-electron chi connectivity index (χ4n) is 17.5. The van der Waals surface area contributed by atoms with Crippen molar-refractivity contribution in [1.82, 2.24) is 59.8 Å². The fourth-order valence-corrected chi connectivity index (χ4v) is 17.5. The van der Waals surface area contributed by atoms with E-state index >= 15 is 0 Å². The number of hydrogen-bond acceptors (Lipinski definition) is 6. The number of fused-ring (bicyclic) bond motifs is 24. The van der Waals surface area contributed by atoms with E-state index in [9.17, 15) is 0 Å². The second kappa shape index (κ2) is 30.6. The van der Waals surface area contributed by atoms with Crippen molar-refractivity contribution in [3.8, 4) is 113 Å². The van der Waals surface area contributed by atoms with Crippen LogP contribution in [0.25, 0.3) is 228 Å². The van der Waals surface area contributed by atoms with Crippen LogP contribution in [0.3, 0.4) is 0 Å². The molecule has 0 aliphatic carbocycles. The van der Waals surface area contributed by atoms with Gasteiger partial charge < -0.3 is 29.9 Å². The van der Waals surface area contributed by atoms with Crippen LogP contribution in [0.1, 0.15) is 90.6 Å². The molecular weight excluding hydrogens is 1510 g/mol. The Labute approximate surface area is 713 Å². The third-order valence-electron chi connectivity index (χ3n) is 23.3. The van der Waals surface area contributed by atoms with E-state index in [0.717, 1.165) is 223 Å². The van der Waals surface area contributed by atoms with Gasteiger partial charge in [0.25, 0.3) is 0 Å². The number of H-pyrrole nitrogens is 6. The molecular formula is C112H70N12. The van der Waals surface area contributed by atoms with Gasteiger partial charge in [-0.25, -0.2) is 29.9 Å². The molecule has 6 aliphatic heterocycles. The molecule has 24 bridgehead atoms. The van der Waals surface area contributed by atoms with E-state index in [1.54, 1.807) is 0 Å². The molecule has 9 aromatic heterocycles. The van der Waals surface area contributed by atoms with Crippen LogP contribution in [0, 0.1) is 23.7 Å². The molecule has 0 amide bonds. The van der Waals surface area contributed by atoms with Crippen molar-refractivity contribution in [1.29, 1.82) is 0 Å². The van der Waals surface area contributed by atoms with E-state index < -0.39 is 0 Å². The van der Waals surface area contributed by atoms with Crippen LogP contribution >= 0.6 is 0 Å². The SMILES string of the molecule is C(#Cc1c2nc(c(-c3ccccc3)c3ccc([nH]3)c(-c3ccccc3)c3nc(c(C#Cc4ccc(-c5c6nc(c(-c7ccccc7)c7ccc(cc8nc(c(-c9ccccc9)c9ccc5[nH]9)C=C8)[nH]7)C=C6)cc4)c4ccc1[nH]4)C=C3)C=C2)c1ccc(-c2c3nc(c(-c4ccccc4)c4ccc(cc5nc(c(-c6ccccc6)c6ccc2[nH]6)C=C5)[nH]4)C=C3)cc1. The Balaban J connectivity index is 0.693. The third kappa shape index (κ3) is 13.5. The third-order valence-corrected chi connectivity index (χ3v) is 23.3. The standard InChI is InChI=1S/C112H70N12/c1-7-19-71(20-8-1)105-89-47-41-79(113-89)67-80-42-48-90(114-80)106(72-21-9-2-10-22-72)96-58-64-102(121-96)111(101-63-57-95(105)120-101)77-37-31-69(32-38-77)35-45-83-85-51-52-86(117-85)84(88-54-56-94(119-88)110(76-29-17-6-18-30-76)100-62-61-99(124-100)109(75-27-15-5-16-28-75)93-55-53-87(83)118-93)46-36-70-33-39-78(40-34-70)112-103-65-59-97(122-103)107(73-23-11-3-12-24-73)91-49-43-81(115-91)68-82-44-50-92(116-82)108(74-25-13-4-14-26-74)98-60-66-104(112)123-98/h1-34,37-44,47-68,113,115,117,121,123-124H. The van der Waals surface area contributed by atoms with E-state index in [-0.39, 0.29) is 0 Å². The lowest BCUT2D eigenvalue weighted by atomic mass is 10.0. The normalized spacial score (nSPS) is 12.2. The first-order valence-electron chi connectivity index (χ1n) is 41.4. The number of rotatable bonds is 8. The lowest BCUT2D eigenvalue weighted by Gasteiger charge is -2.06. The summed E-state index contributed by atoms with van der Waals surface area (Å²) >= 11 is 0. The smallest absolute Gasteiger partial charge is 0.0815 e. The van der Waals surface area contributed by atoms with Crippen LogP contribution in [0.5, 0.6) is 0 Å². The Kier molecular flexibility index (Phi) is 17.7. The van der Waals surface area contributed by atoms with Crippen LogP contribution in [-0.2, 0) is 0 Å². The average molecular weight is 1580 g/mol. The molecule has 17 aromatic rings. The minimum atomic E-state index is 0.694.